The minimum atomic E-state index is 0.0238. The molecule has 1 nitrogen and oxygen atoms in total. The zero-order valence-corrected chi connectivity index (χ0v) is 11.2. The Balaban J connectivity index is 2.22. The molecule has 2 aromatic carbocycles. The summed E-state index contributed by atoms with van der Waals surface area (Å²) < 4.78 is 2.40. The Bertz CT molecular complexity index is 800. The largest absolute Gasteiger partial charge is 0.221 e. The third-order valence-corrected chi connectivity index (χ3v) is 4.30. The molecule has 1 heteroatoms. The lowest BCUT2D eigenvalue weighted by Crippen LogP contribution is -2.50. The summed E-state index contributed by atoms with van der Waals surface area (Å²) in [6.45, 7) is 4.58. The molecule has 1 aromatic heterocycles. The number of benzene rings is 2. The van der Waals surface area contributed by atoms with Crippen molar-refractivity contribution < 1.29 is 4.57 Å². The maximum absolute atomic E-state index is 2.40. The molecule has 0 saturated heterocycles. The SMILES string of the molecule is CC1(C)c2ccccc2-c2c3ccccc3cc[n+]21. The first-order valence-corrected chi connectivity index (χ1v) is 6.73. The maximum Gasteiger partial charge on any atom is 0.221 e. The molecule has 0 N–H and O–H groups in total. The Morgan fingerprint density at radius 1 is 0.842 bits per heavy atom. The van der Waals surface area contributed by atoms with E-state index in [-0.39, 0.29) is 5.54 Å². The van der Waals surface area contributed by atoms with Crippen LogP contribution >= 0.6 is 0 Å². The second-order valence-corrected chi connectivity index (χ2v) is 5.73. The van der Waals surface area contributed by atoms with Crippen molar-refractivity contribution in [2.75, 3.05) is 0 Å². The van der Waals surface area contributed by atoms with Crippen LogP contribution in [0, 0.1) is 0 Å². The predicted molar refractivity (Wildman–Crippen MR) is 78.0 cm³/mol. The van der Waals surface area contributed by atoms with Gasteiger partial charge in [0, 0.05) is 25.5 Å². The normalized spacial score (nSPS) is 15.3. The zero-order valence-electron chi connectivity index (χ0n) is 11.2. The fourth-order valence-electron chi connectivity index (χ4n) is 3.31. The third-order valence-electron chi connectivity index (χ3n) is 4.30. The average molecular weight is 246 g/mol. The van der Waals surface area contributed by atoms with Crippen molar-refractivity contribution in [3.8, 4) is 11.3 Å². The summed E-state index contributed by atoms with van der Waals surface area (Å²) in [5.74, 6) is 0. The molecule has 0 saturated carbocycles. The van der Waals surface area contributed by atoms with Gasteiger partial charge in [0.2, 0.25) is 5.69 Å². The summed E-state index contributed by atoms with van der Waals surface area (Å²) in [6.07, 6.45) is 2.22. The summed E-state index contributed by atoms with van der Waals surface area (Å²) in [5.41, 5.74) is 4.14. The van der Waals surface area contributed by atoms with E-state index in [1.807, 2.05) is 0 Å². The molecule has 0 fully saturated rings. The highest BCUT2D eigenvalue weighted by Gasteiger charge is 2.43. The van der Waals surface area contributed by atoms with Crippen LogP contribution in [0.4, 0.5) is 0 Å². The smallest absolute Gasteiger partial charge is 0.189 e. The van der Waals surface area contributed by atoms with Crippen LogP contribution in [0.2, 0.25) is 0 Å². The van der Waals surface area contributed by atoms with Crippen LogP contribution in [0.25, 0.3) is 22.0 Å². The van der Waals surface area contributed by atoms with Gasteiger partial charge in [0.15, 0.2) is 11.7 Å². The molecular weight excluding hydrogens is 230 g/mol. The summed E-state index contributed by atoms with van der Waals surface area (Å²) in [4.78, 5) is 0. The molecule has 92 valence electrons. The van der Waals surface area contributed by atoms with E-state index in [4.69, 9.17) is 0 Å². The first-order chi connectivity index (χ1) is 9.19. The number of fused-ring (bicyclic) bond motifs is 5. The van der Waals surface area contributed by atoms with E-state index in [1.54, 1.807) is 0 Å². The molecule has 0 bridgehead atoms. The number of rotatable bonds is 0. The van der Waals surface area contributed by atoms with Gasteiger partial charge in [0.25, 0.3) is 0 Å². The van der Waals surface area contributed by atoms with Crippen molar-refractivity contribution in [1.29, 1.82) is 0 Å². The first kappa shape index (κ1) is 10.7. The van der Waals surface area contributed by atoms with Crippen LogP contribution in [-0.4, -0.2) is 0 Å². The number of hydrogen-bond acceptors (Lipinski definition) is 0. The van der Waals surface area contributed by atoms with Crippen molar-refractivity contribution in [2.24, 2.45) is 0 Å². The van der Waals surface area contributed by atoms with E-state index in [0.717, 1.165) is 0 Å². The highest BCUT2D eigenvalue weighted by molar-refractivity contribution is 5.94. The average Bonchev–Trinajstić information content (AvgIpc) is 2.68. The second kappa shape index (κ2) is 3.45. The molecular formula is C18H16N+. The Morgan fingerprint density at radius 3 is 2.47 bits per heavy atom. The second-order valence-electron chi connectivity index (χ2n) is 5.73. The summed E-state index contributed by atoms with van der Waals surface area (Å²) in [6, 6.07) is 19.6. The number of nitrogens with zero attached hydrogens (tertiary/aromatic N) is 1. The Morgan fingerprint density at radius 2 is 1.58 bits per heavy atom. The third kappa shape index (κ3) is 1.27. The van der Waals surface area contributed by atoms with E-state index < -0.39 is 0 Å². The number of pyridine rings is 1. The standard InChI is InChI=1S/C18H16N/c1-18(2)16-10-6-5-9-15(16)17-14-8-4-3-7-13(14)11-12-19(17)18/h3-12H,1-2H3/q+1. The van der Waals surface area contributed by atoms with Crippen molar-refractivity contribution in [3.63, 3.8) is 0 Å². The summed E-state index contributed by atoms with van der Waals surface area (Å²) >= 11 is 0. The topological polar surface area (TPSA) is 3.88 Å². The molecule has 3 aromatic rings. The van der Waals surface area contributed by atoms with Gasteiger partial charge in [-0.15, -0.1) is 0 Å². The van der Waals surface area contributed by atoms with E-state index in [2.05, 4.69) is 79.2 Å². The molecule has 19 heavy (non-hydrogen) atoms. The van der Waals surface area contributed by atoms with Crippen molar-refractivity contribution in [2.45, 2.75) is 19.4 Å². The molecule has 0 radical (unpaired) electrons. The van der Waals surface area contributed by atoms with Crippen LogP contribution < -0.4 is 4.57 Å². The monoisotopic (exact) mass is 246 g/mol. The van der Waals surface area contributed by atoms with Gasteiger partial charge in [-0.2, -0.15) is 4.57 Å². The summed E-state index contributed by atoms with van der Waals surface area (Å²) in [7, 11) is 0. The molecule has 1 aliphatic heterocycles. The van der Waals surface area contributed by atoms with Gasteiger partial charge in [-0.1, -0.05) is 36.4 Å². The van der Waals surface area contributed by atoms with Gasteiger partial charge in [-0.3, -0.25) is 0 Å². The van der Waals surface area contributed by atoms with Crippen molar-refractivity contribution >= 4 is 10.8 Å². The lowest BCUT2D eigenvalue weighted by Gasteiger charge is -2.14. The Hall–Kier alpha value is -2.15. The quantitative estimate of drug-likeness (QED) is 0.530. The molecule has 2 heterocycles. The van der Waals surface area contributed by atoms with Crippen molar-refractivity contribution in [3.05, 3.63) is 66.4 Å². The lowest BCUT2D eigenvalue weighted by molar-refractivity contribution is -0.730. The number of aromatic nitrogens is 1. The molecule has 0 aliphatic carbocycles. The van der Waals surface area contributed by atoms with Crippen LogP contribution in [0.15, 0.2) is 60.8 Å². The minimum absolute atomic E-state index is 0.0238. The van der Waals surface area contributed by atoms with Crippen LogP contribution in [0.5, 0.6) is 0 Å². The van der Waals surface area contributed by atoms with Gasteiger partial charge in [-0.05, 0) is 17.5 Å². The van der Waals surface area contributed by atoms with E-state index in [1.165, 1.54) is 27.6 Å². The highest BCUT2D eigenvalue weighted by Crippen LogP contribution is 2.39. The zero-order chi connectivity index (χ0) is 13.0. The van der Waals surface area contributed by atoms with Crippen LogP contribution in [0.1, 0.15) is 19.4 Å². The van der Waals surface area contributed by atoms with Crippen LogP contribution in [-0.2, 0) is 5.54 Å². The van der Waals surface area contributed by atoms with E-state index >= 15 is 0 Å². The number of hydrogen-bond donors (Lipinski definition) is 0. The first-order valence-electron chi connectivity index (χ1n) is 6.73. The van der Waals surface area contributed by atoms with E-state index in [0.29, 0.717) is 0 Å². The van der Waals surface area contributed by atoms with Crippen molar-refractivity contribution in [1.82, 2.24) is 0 Å². The Kier molecular flexibility index (Phi) is 1.95. The lowest BCUT2D eigenvalue weighted by atomic mass is 9.93. The van der Waals surface area contributed by atoms with Gasteiger partial charge in [-0.25, -0.2) is 0 Å². The molecule has 0 spiro atoms. The molecule has 0 amide bonds. The van der Waals surface area contributed by atoms with Gasteiger partial charge in [0.05, 0.1) is 10.9 Å². The van der Waals surface area contributed by atoms with Gasteiger partial charge < -0.3 is 0 Å². The summed E-state index contributed by atoms with van der Waals surface area (Å²) in [5, 5.41) is 2.64. The fraction of sp³-hybridized carbons (Fsp3) is 0.167. The molecule has 1 aliphatic rings. The predicted octanol–water partition coefficient (Wildman–Crippen LogP) is 3.89. The van der Waals surface area contributed by atoms with E-state index in [9.17, 15) is 0 Å². The maximum atomic E-state index is 2.40. The van der Waals surface area contributed by atoms with Crippen LogP contribution in [0.3, 0.4) is 0 Å². The molecule has 0 atom stereocenters. The Labute approximate surface area is 113 Å². The minimum Gasteiger partial charge on any atom is -0.189 e. The van der Waals surface area contributed by atoms with Gasteiger partial charge in [0.1, 0.15) is 0 Å². The molecule has 0 unspecified atom stereocenters. The highest BCUT2D eigenvalue weighted by atomic mass is 15.1. The molecule has 4 rings (SSSR count). The van der Waals surface area contributed by atoms with Gasteiger partial charge >= 0.3 is 0 Å². The fourth-order valence-corrected chi connectivity index (χ4v) is 3.31.